The van der Waals surface area contributed by atoms with Crippen LogP contribution in [0.2, 0.25) is 0 Å². The lowest BCUT2D eigenvalue weighted by Gasteiger charge is -2.23. The van der Waals surface area contributed by atoms with Gasteiger partial charge in [-0.1, -0.05) is 6.08 Å². The van der Waals surface area contributed by atoms with Crippen molar-refractivity contribution in [2.24, 2.45) is 11.8 Å². The van der Waals surface area contributed by atoms with Gasteiger partial charge in [-0.3, -0.25) is 4.90 Å². The second-order valence-electron chi connectivity index (χ2n) is 4.03. The predicted octanol–water partition coefficient (Wildman–Crippen LogP) is 0.322. The monoisotopic (exact) mass is 243 g/mol. The van der Waals surface area contributed by atoms with Crippen LogP contribution in [0.5, 0.6) is 0 Å². The van der Waals surface area contributed by atoms with E-state index in [2.05, 4.69) is 11.3 Å². The zero-order valence-electron chi connectivity index (χ0n) is 9.70. The first-order valence-electron chi connectivity index (χ1n) is 5.36. The van der Waals surface area contributed by atoms with Crippen LogP contribution < -0.4 is 0 Å². The van der Waals surface area contributed by atoms with Crippen LogP contribution in [0.15, 0.2) is 12.7 Å². The summed E-state index contributed by atoms with van der Waals surface area (Å²) in [4.78, 5) is 23.7. The molecule has 1 rings (SSSR count). The summed E-state index contributed by atoms with van der Waals surface area (Å²) in [6, 6.07) is -0.854. The van der Waals surface area contributed by atoms with Crippen molar-refractivity contribution in [2.75, 3.05) is 20.3 Å². The van der Waals surface area contributed by atoms with Gasteiger partial charge in [-0.25, -0.2) is 9.59 Å². The number of hydrogen-bond acceptors (Lipinski definition) is 4. The molecule has 0 aromatic rings. The van der Waals surface area contributed by atoms with Crippen LogP contribution in [0.3, 0.4) is 0 Å². The Morgan fingerprint density at radius 2 is 2.24 bits per heavy atom. The predicted molar refractivity (Wildman–Crippen MR) is 59.4 cm³/mol. The van der Waals surface area contributed by atoms with E-state index < -0.39 is 18.1 Å². The number of ether oxygens (including phenoxy) is 1. The molecular weight excluding hydrogens is 226 g/mol. The summed E-state index contributed by atoms with van der Waals surface area (Å²) >= 11 is 0. The topological polar surface area (TPSA) is 87.1 Å². The summed E-state index contributed by atoms with van der Waals surface area (Å²) in [5.74, 6) is -1.12. The highest BCUT2D eigenvalue weighted by Crippen LogP contribution is 2.33. The third-order valence-corrected chi connectivity index (χ3v) is 3.14. The van der Waals surface area contributed by atoms with E-state index >= 15 is 0 Å². The van der Waals surface area contributed by atoms with E-state index in [0.717, 1.165) is 4.90 Å². The molecular formula is C11H17NO5. The number of amides is 1. The van der Waals surface area contributed by atoms with E-state index in [9.17, 15) is 14.7 Å². The summed E-state index contributed by atoms with van der Waals surface area (Å²) in [5.41, 5.74) is 0. The van der Waals surface area contributed by atoms with Gasteiger partial charge in [0, 0.05) is 25.0 Å². The summed E-state index contributed by atoms with van der Waals surface area (Å²) in [6.45, 7) is 3.57. The number of likely N-dealkylation sites (tertiary alicyclic amines) is 1. The highest BCUT2D eigenvalue weighted by molar-refractivity contribution is 5.82. The number of rotatable bonds is 4. The molecule has 1 amide bonds. The molecule has 1 heterocycles. The van der Waals surface area contributed by atoms with Gasteiger partial charge >= 0.3 is 12.1 Å². The van der Waals surface area contributed by atoms with Crippen molar-refractivity contribution in [3.05, 3.63) is 12.7 Å². The zero-order valence-corrected chi connectivity index (χ0v) is 9.70. The Balaban J connectivity index is 2.99. The van der Waals surface area contributed by atoms with Gasteiger partial charge < -0.3 is 14.9 Å². The Labute approximate surface area is 99.5 Å². The molecule has 0 bridgehead atoms. The minimum absolute atomic E-state index is 0.143. The molecule has 0 radical (unpaired) electrons. The number of carbonyl (C=O) groups is 2. The Bertz CT molecular complexity index is 317. The fourth-order valence-electron chi connectivity index (χ4n) is 2.32. The number of methoxy groups -OCH3 is 1. The van der Waals surface area contributed by atoms with Crippen molar-refractivity contribution in [1.82, 2.24) is 4.90 Å². The molecule has 1 saturated heterocycles. The zero-order chi connectivity index (χ0) is 13.0. The number of nitrogens with zero attached hydrogens (tertiary/aromatic N) is 1. The largest absolute Gasteiger partial charge is 0.467 e. The van der Waals surface area contributed by atoms with Gasteiger partial charge in [-0.2, -0.15) is 0 Å². The Kier molecular flexibility index (Phi) is 4.51. The molecule has 96 valence electrons. The quantitative estimate of drug-likeness (QED) is 0.548. The first-order valence-corrected chi connectivity index (χ1v) is 5.36. The number of aliphatic hydroxyl groups is 1. The van der Waals surface area contributed by atoms with E-state index in [1.54, 1.807) is 6.08 Å². The van der Waals surface area contributed by atoms with Crippen molar-refractivity contribution in [1.29, 1.82) is 0 Å². The third kappa shape index (κ3) is 2.58. The number of aliphatic hydroxyl groups excluding tert-OH is 1. The number of carbonyl (C=O) groups excluding carboxylic acids is 1. The molecule has 1 fully saturated rings. The lowest BCUT2D eigenvalue weighted by molar-refractivity contribution is -0.146. The lowest BCUT2D eigenvalue weighted by Crippen LogP contribution is -2.43. The van der Waals surface area contributed by atoms with Crippen molar-refractivity contribution in [3.8, 4) is 0 Å². The second kappa shape index (κ2) is 5.67. The molecule has 0 aromatic carbocycles. The van der Waals surface area contributed by atoms with E-state index in [1.807, 2.05) is 0 Å². The van der Waals surface area contributed by atoms with Gasteiger partial charge in [-0.15, -0.1) is 6.58 Å². The molecule has 1 aliphatic heterocycles. The average Bonchev–Trinajstić information content (AvgIpc) is 2.67. The van der Waals surface area contributed by atoms with Crippen LogP contribution in [0.25, 0.3) is 0 Å². The highest BCUT2D eigenvalue weighted by Gasteiger charge is 2.47. The maximum absolute atomic E-state index is 11.6. The fraction of sp³-hybridized carbons (Fsp3) is 0.636. The smallest absolute Gasteiger partial charge is 0.408 e. The first-order chi connectivity index (χ1) is 8.06. The molecule has 0 aliphatic carbocycles. The van der Waals surface area contributed by atoms with Crippen LogP contribution in [0, 0.1) is 11.8 Å². The molecule has 17 heavy (non-hydrogen) atoms. The molecule has 6 heteroatoms. The lowest BCUT2D eigenvalue weighted by atomic mass is 9.88. The molecule has 0 aromatic heterocycles. The molecule has 6 nitrogen and oxygen atoms in total. The summed E-state index contributed by atoms with van der Waals surface area (Å²) in [5, 5.41) is 18.3. The molecule has 0 spiro atoms. The van der Waals surface area contributed by atoms with Crippen LogP contribution in [-0.2, 0) is 9.53 Å². The van der Waals surface area contributed by atoms with Crippen LogP contribution >= 0.6 is 0 Å². The maximum atomic E-state index is 11.6. The van der Waals surface area contributed by atoms with Crippen LogP contribution in [0.1, 0.15) is 6.42 Å². The fourth-order valence-corrected chi connectivity index (χ4v) is 2.32. The second-order valence-corrected chi connectivity index (χ2v) is 4.03. The van der Waals surface area contributed by atoms with E-state index in [-0.39, 0.29) is 25.0 Å². The Morgan fingerprint density at radius 1 is 1.59 bits per heavy atom. The molecule has 3 atom stereocenters. The van der Waals surface area contributed by atoms with Crippen molar-refractivity contribution < 1.29 is 24.5 Å². The Hall–Kier alpha value is -1.56. The highest BCUT2D eigenvalue weighted by atomic mass is 16.5. The van der Waals surface area contributed by atoms with Crippen LogP contribution in [0.4, 0.5) is 4.79 Å². The van der Waals surface area contributed by atoms with Crippen molar-refractivity contribution >= 4 is 12.1 Å². The van der Waals surface area contributed by atoms with Crippen molar-refractivity contribution in [2.45, 2.75) is 12.5 Å². The first kappa shape index (κ1) is 13.5. The summed E-state index contributed by atoms with van der Waals surface area (Å²) in [6.07, 6.45) is 0.911. The van der Waals surface area contributed by atoms with E-state index in [4.69, 9.17) is 5.11 Å². The van der Waals surface area contributed by atoms with Gasteiger partial charge in [0.25, 0.3) is 0 Å². The van der Waals surface area contributed by atoms with Gasteiger partial charge in [0.2, 0.25) is 0 Å². The number of hydrogen-bond donors (Lipinski definition) is 2. The average molecular weight is 243 g/mol. The summed E-state index contributed by atoms with van der Waals surface area (Å²) < 4.78 is 4.62. The minimum atomic E-state index is -1.18. The number of esters is 1. The molecule has 1 aliphatic rings. The third-order valence-electron chi connectivity index (χ3n) is 3.14. The van der Waals surface area contributed by atoms with Crippen molar-refractivity contribution in [3.63, 3.8) is 0 Å². The van der Waals surface area contributed by atoms with Gasteiger partial charge in [0.05, 0.1) is 7.11 Å². The normalized spacial score (nSPS) is 27.9. The van der Waals surface area contributed by atoms with Gasteiger partial charge in [0.15, 0.2) is 0 Å². The minimum Gasteiger partial charge on any atom is -0.467 e. The Morgan fingerprint density at radius 3 is 2.65 bits per heavy atom. The molecule has 2 N–H and O–H groups in total. The number of allylic oxidation sites excluding steroid dienone is 1. The van der Waals surface area contributed by atoms with E-state index in [1.165, 1.54) is 7.11 Å². The summed E-state index contributed by atoms with van der Waals surface area (Å²) in [7, 11) is 1.22. The maximum Gasteiger partial charge on any atom is 0.408 e. The SMILES string of the molecule is C=CCC1C(CO)CN(C(=O)O)C1C(=O)OC. The van der Waals surface area contributed by atoms with Gasteiger partial charge in [0.1, 0.15) is 6.04 Å². The van der Waals surface area contributed by atoms with E-state index in [0.29, 0.717) is 6.42 Å². The molecule has 3 unspecified atom stereocenters. The standard InChI is InChI=1S/C11H17NO5/c1-3-4-8-7(6-13)5-12(11(15)16)9(8)10(14)17-2/h3,7-9,13H,1,4-6H2,2H3,(H,15,16). The van der Waals surface area contributed by atoms with Crippen LogP contribution in [-0.4, -0.2) is 53.5 Å². The van der Waals surface area contributed by atoms with Gasteiger partial charge in [-0.05, 0) is 6.42 Å². The molecule has 0 saturated carbocycles. The number of carboxylic acid groups (broad SMARTS) is 1.